The standard InChI is InChI=1S/C30H39ClN6O5S/c31-23-10-9-21(16-32)22(13-23)17-34-27(38)26-14-24(33)18-37(26)29(40)30(15-25(30)28(39)36-11-5-2-6-12-36)35-43(41,42)19-20-7-3-1-4-8-20/h1,3-4,7-10,13,24-26,35H,2,5-6,11-12,14-19,32-33H2,(H,34,38)/t24-,25?,26+,30?/m1/s1. The zero-order valence-electron chi connectivity index (χ0n) is 24.0. The molecule has 4 atom stereocenters. The zero-order chi connectivity index (χ0) is 30.8. The monoisotopic (exact) mass is 630 g/mol. The first kappa shape index (κ1) is 31.4. The van der Waals surface area contributed by atoms with Crippen molar-refractivity contribution in [3.05, 3.63) is 70.2 Å². The van der Waals surface area contributed by atoms with Crippen molar-refractivity contribution in [2.75, 3.05) is 19.6 Å². The summed E-state index contributed by atoms with van der Waals surface area (Å²) in [5, 5.41) is 3.37. The summed E-state index contributed by atoms with van der Waals surface area (Å²) in [6, 6.07) is 12.5. The van der Waals surface area contributed by atoms with E-state index >= 15 is 0 Å². The van der Waals surface area contributed by atoms with Crippen LogP contribution in [0.2, 0.25) is 5.02 Å². The van der Waals surface area contributed by atoms with E-state index in [0.717, 1.165) is 30.4 Å². The van der Waals surface area contributed by atoms with Crippen LogP contribution in [0.3, 0.4) is 0 Å². The van der Waals surface area contributed by atoms with E-state index in [-0.39, 0.29) is 44.1 Å². The first-order chi connectivity index (χ1) is 20.5. The highest BCUT2D eigenvalue weighted by atomic mass is 35.5. The van der Waals surface area contributed by atoms with Crippen LogP contribution in [0.1, 0.15) is 48.8 Å². The Labute approximate surface area is 257 Å². The Balaban J connectivity index is 1.37. The maximum absolute atomic E-state index is 14.3. The number of hydrogen-bond acceptors (Lipinski definition) is 7. The Bertz CT molecular complexity index is 1470. The average Bonchev–Trinajstić information content (AvgIpc) is 3.57. The second-order valence-electron chi connectivity index (χ2n) is 11.8. The maximum atomic E-state index is 14.3. The molecule has 1 saturated carbocycles. The molecule has 2 aliphatic heterocycles. The van der Waals surface area contributed by atoms with Crippen molar-refractivity contribution in [1.82, 2.24) is 19.8 Å². The van der Waals surface area contributed by atoms with Gasteiger partial charge in [-0.3, -0.25) is 14.4 Å². The van der Waals surface area contributed by atoms with Gasteiger partial charge in [0.15, 0.2) is 0 Å². The van der Waals surface area contributed by atoms with Gasteiger partial charge in [0.1, 0.15) is 11.6 Å². The van der Waals surface area contributed by atoms with Crippen LogP contribution in [0.25, 0.3) is 0 Å². The number of rotatable bonds is 10. The van der Waals surface area contributed by atoms with Gasteiger partial charge in [-0.05, 0) is 60.9 Å². The van der Waals surface area contributed by atoms with E-state index in [2.05, 4.69) is 10.0 Å². The number of sulfonamides is 1. The van der Waals surface area contributed by atoms with Gasteiger partial charge in [-0.2, -0.15) is 4.72 Å². The van der Waals surface area contributed by atoms with Crippen molar-refractivity contribution in [2.24, 2.45) is 17.4 Å². The van der Waals surface area contributed by atoms with E-state index in [9.17, 15) is 22.8 Å². The molecule has 232 valence electrons. The molecule has 2 aromatic carbocycles. The molecule has 0 radical (unpaired) electrons. The number of likely N-dealkylation sites (tertiary alicyclic amines) is 2. The number of amides is 3. The summed E-state index contributed by atoms with van der Waals surface area (Å²) in [7, 11) is -4.04. The van der Waals surface area contributed by atoms with Gasteiger partial charge in [-0.1, -0.05) is 48.0 Å². The SMILES string of the molecule is NCc1ccc(Cl)cc1CNC(=O)[C@@H]1C[C@@H](N)CN1C(=O)C1(NS(=O)(=O)Cc2ccccc2)CC1C(=O)N1CCCCC1. The van der Waals surface area contributed by atoms with Gasteiger partial charge < -0.3 is 26.6 Å². The van der Waals surface area contributed by atoms with Crippen molar-refractivity contribution in [3.63, 3.8) is 0 Å². The molecule has 11 nitrogen and oxygen atoms in total. The minimum atomic E-state index is -4.04. The normalized spacial score (nSPS) is 25.4. The zero-order valence-corrected chi connectivity index (χ0v) is 25.6. The van der Waals surface area contributed by atoms with Crippen molar-refractivity contribution in [3.8, 4) is 0 Å². The summed E-state index contributed by atoms with van der Waals surface area (Å²) in [6.07, 6.45) is 2.97. The smallest absolute Gasteiger partial charge is 0.245 e. The number of carbonyl (C=O) groups is 3. The summed E-state index contributed by atoms with van der Waals surface area (Å²) < 4.78 is 29.5. The third kappa shape index (κ3) is 7.04. The van der Waals surface area contributed by atoms with Gasteiger partial charge in [-0.25, -0.2) is 8.42 Å². The molecule has 3 fully saturated rings. The molecule has 3 amide bonds. The summed E-state index contributed by atoms with van der Waals surface area (Å²) in [4.78, 5) is 44.4. The molecule has 1 aliphatic carbocycles. The molecule has 43 heavy (non-hydrogen) atoms. The highest BCUT2D eigenvalue weighted by molar-refractivity contribution is 7.88. The predicted molar refractivity (Wildman–Crippen MR) is 163 cm³/mol. The lowest BCUT2D eigenvalue weighted by atomic mass is 10.1. The number of halogens is 1. The Morgan fingerprint density at radius 2 is 1.74 bits per heavy atom. The van der Waals surface area contributed by atoms with Crippen LogP contribution in [-0.4, -0.2) is 73.2 Å². The molecule has 6 N–H and O–H groups in total. The molecule has 2 saturated heterocycles. The van der Waals surface area contributed by atoms with Crippen LogP contribution in [0, 0.1) is 5.92 Å². The fourth-order valence-electron chi connectivity index (χ4n) is 6.25. The maximum Gasteiger partial charge on any atom is 0.245 e. The van der Waals surface area contributed by atoms with Gasteiger partial charge in [0.05, 0.1) is 11.7 Å². The molecule has 0 spiro atoms. The van der Waals surface area contributed by atoms with E-state index in [1.165, 1.54) is 4.90 Å². The van der Waals surface area contributed by atoms with Crippen molar-refractivity contribution >= 4 is 39.3 Å². The van der Waals surface area contributed by atoms with Crippen LogP contribution in [0.4, 0.5) is 0 Å². The van der Waals surface area contributed by atoms with Gasteiger partial charge in [-0.15, -0.1) is 0 Å². The fourth-order valence-corrected chi connectivity index (χ4v) is 8.02. The minimum Gasteiger partial charge on any atom is -0.350 e. The van der Waals surface area contributed by atoms with Crippen molar-refractivity contribution in [2.45, 2.75) is 68.6 Å². The van der Waals surface area contributed by atoms with Crippen molar-refractivity contribution < 1.29 is 22.8 Å². The fraction of sp³-hybridized carbons (Fsp3) is 0.500. The van der Waals surface area contributed by atoms with Gasteiger partial charge >= 0.3 is 0 Å². The number of nitrogens with one attached hydrogen (secondary N) is 2. The van der Waals surface area contributed by atoms with Gasteiger partial charge in [0.2, 0.25) is 27.7 Å². The second kappa shape index (κ2) is 12.9. The van der Waals surface area contributed by atoms with E-state index in [4.69, 9.17) is 23.1 Å². The average molecular weight is 631 g/mol. The minimum absolute atomic E-state index is 0.0254. The first-order valence-electron chi connectivity index (χ1n) is 14.7. The third-order valence-corrected chi connectivity index (χ3v) is 10.2. The molecule has 2 unspecified atom stereocenters. The number of nitrogens with two attached hydrogens (primary N) is 2. The number of piperidine rings is 1. The first-order valence-corrected chi connectivity index (χ1v) is 16.7. The molecule has 2 aromatic rings. The number of hydrogen-bond donors (Lipinski definition) is 4. The number of carbonyl (C=O) groups excluding carboxylic acids is 3. The molecule has 3 aliphatic rings. The van der Waals surface area contributed by atoms with Crippen molar-refractivity contribution in [1.29, 1.82) is 0 Å². The summed E-state index contributed by atoms with van der Waals surface area (Å²) >= 11 is 6.15. The Morgan fingerprint density at radius 1 is 1.02 bits per heavy atom. The molecular formula is C30H39ClN6O5S. The lowest BCUT2D eigenvalue weighted by Gasteiger charge is -2.31. The predicted octanol–water partition coefficient (Wildman–Crippen LogP) is 1.23. The van der Waals surface area contributed by atoms with E-state index in [1.807, 2.05) is 0 Å². The number of benzene rings is 2. The molecular weight excluding hydrogens is 592 g/mol. The summed E-state index contributed by atoms with van der Waals surface area (Å²) in [5.74, 6) is -2.47. The quantitative estimate of drug-likeness (QED) is 0.306. The molecule has 13 heteroatoms. The number of nitrogens with zero attached hydrogens (tertiary/aromatic N) is 2. The highest BCUT2D eigenvalue weighted by Crippen LogP contribution is 2.48. The lowest BCUT2D eigenvalue weighted by molar-refractivity contribution is -0.143. The van der Waals surface area contributed by atoms with Crippen LogP contribution in [-0.2, 0) is 43.2 Å². The third-order valence-electron chi connectivity index (χ3n) is 8.58. The largest absolute Gasteiger partial charge is 0.350 e. The summed E-state index contributed by atoms with van der Waals surface area (Å²) in [5.41, 5.74) is 12.5. The molecule has 5 rings (SSSR count). The van der Waals surface area contributed by atoms with E-state index in [1.54, 1.807) is 53.4 Å². The van der Waals surface area contributed by atoms with Crippen LogP contribution in [0.5, 0.6) is 0 Å². The van der Waals surface area contributed by atoms with E-state index < -0.39 is 45.4 Å². The topological polar surface area (TPSA) is 168 Å². The van der Waals surface area contributed by atoms with Gasteiger partial charge in [0, 0.05) is 43.8 Å². The van der Waals surface area contributed by atoms with Crippen LogP contribution < -0.4 is 21.5 Å². The molecule has 0 aromatic heterocycles. The van der Waals surface area contributed by atoms with Crippen LogP contribution >= 0.6 is 11.6 Å². The second-order valence-corrected chi connectivity index (χ2v) is 13.9. The molecule has 2 heterocycles. The van der Waals surface area contributed by atoms with Gasteiger partial charge in [0.25, 0.3) is 0 Å². The summed E-state index contributed by atoms with van der Waals surface area (Å²) in [6.45, 7) is 1.62. The molecule has 0 bridgehead atoms. The Hall–Kier alpha value is -3.03. The highest BCUT2D eigenvalue weighted by Gasteiger charge is 2.68. The van der Waals surface area contributed by atoms with E-state index in [0.29, 0.717) is 23.7 Å². The lowest BCUT2D eigenvalue weighted by Crippen LogP contribution is -2.57. The van der Waals surface area contributed by atoms with Crippen LogP contribution in [0.15, 0.2) is 48.5 Å². The Kier molecular flexibility index (Phi) is 9.43. The Morgan fingerprint density at radius 3 is 2.44 bits per heavy atom.